The maximum Gasteiger partial charge on any atom is 0.0454 e. The molecule has 2 saturated carbocycles. The molecule has 2 bridgehead atoms. The molecule has 2 aliphatic rings. The van der Waals surface area contributed by atoms with Crippen LogP contribution >= 0.6 is 23.2 Å². The van der Waals surface area contributed by atoms with Gasteiger partial charge in [0.2, 0.25) is 0 Å². The molecule has 4 atom stereocenters. The summed E-state index contributed by atoms with van der Waals surface area (Å²) in [6, 6.07) is 6.17. The van der Waals surface area contributed by atoms with E-state index in [4.69, 9.17) is 23.2 Å². The lowest BCUT2D eigenvalue weighted by Gasteiger charge is -2.28. The summed E-state index contributed by atoms with van der Waals surface area (Å²) in [7, 11) is 0. The number of hydrogen-bond donors (Lipinski definition) is 1. The molecule has 1 nitrogen and oxygen atoms in total. The van der Waals surface area contributed by atoms with Gasteiger partial charge in [0.1, 0.15) is 0 Å². The fourth-order valence-electron chi connectivity index (χ4n) is 4.32. The summed E-state index contributed by atoms with van der Waals surface area (Å²) in [6.07, 6.45) is 7.00. The summed E-state index contributed by atoms with van der Waals surface area (Å²) in [5.41, 5.74) is 1.17. The lowest BCUT2D eigenvalue weighted by molar-refractivity contribution is 0.280. The van der Waals surface area contributed by atoms with Gasteiger partial charge in [-0.1, -0.05) is 36.5 Å². The Balaban J connectivity index is 1.76. The topological polar surface area (TPSA) is 12.0 Å². The monoisotopic (exact) mass is 311 g/mol. The Morgan fingerprint density at radius 3 is 2.75 bits per heavy atom. The Morgan fingerprint density at radius 1 is 1.25 bits per heavy atom. The SMILES string of the molecule is CCNC(CC1CC2CCC1C2)c1cc(Cl)ccc1Cl. The lowest BCUT2D eigenvalue weighted by atomic mass is 9.82. The quantitative estimate of drug-likeness (QED) is 0.760. The Labute approximate surface area is 132 Å². The van der Waals surface area contributed by atoms with Gasteiger partial charge >= 0.3 is 0 Å². The van der Waals surface area contributed by atoms with Gasteiger partial charge in [0.25, 0.3) is 0 Å². The van der Waals surface area contributed by atoms with E-state index in [1.807, 2.05) is 18.2 Å². The summed E-state index contributed by atoms with van der Waals surface area (Å²) >= 11 is 12.5. The van der Waals surface area contributed by atoms with E-state index in [0.717, 1.165) is 34.3 Å². The van der Waals surface area contributed by atoms with Crippen LogP contribution in [0.5, 0.6) is 0 Å². The molecule has 110 valence electrons. The predicted molar refractivity (Wildman–Crippen MR) is 86.4 cm³/mol. The van der Waals surface area contributed by atoms with Crippen LogP contribution in [0, 0.1) is 17.8 Å². The van der Waals surface area contributed by atoms with E-state index in [2.05, 4.69) is 12.2 Å². The summed E-state index contributed by atoms with van der Waals surface area (Å²) in [6.45, 7) is 3.13. The van der Waals surface area contributed by atoms with Gasteiger partial charge in [-0.3, -0.25) is 0 Å². The molecule has 2 fully saturated rings. The third kappa shape index (κ3) is 3.00. The van der Waals surface area contributed by atoms with Gasteiger partial charge in [-0.25, -0.2) is 0 Å². The molecule has 1 aromatic carbocycles. The first-order chi connectivity index (χ1) is 9.67. The second kappa shape index (κ2) is 6.25. The molecule has 0 amide bonds. The molecule has 0 radical (unpaired) electrons. The highest BCUT2D eigenvalue weighted by atomic mass is 35.5. The first-order valence-corrected chi connectivity index (χ1v) is 8.61. The van der Waals surface area contributed by atoms with E-state index < -0.39 is 0 Å². The smallest absolute Gasteiger partial charge is 0.0454 e. The van der Waals surface area contributed by atoms with Crippen LogP contribution in [0.3, 0.4) is 0 Å². The molecule has 0 aliphatic heterocycles. The number of halogens is 2. The number of hydrogen-bond acceptors (Lipinski definition) is 1. The van der Waals surface area contributed by atoms with E-state index in [1.165, 1.54) is 37.7 Å². The number of fused-ring (bicyclic) bond motifs is 2. The summed E-state index contributed by atoms with van der Waals surface area (Å²) < 4.78 is 0. The molecule has 2 aliphatic carbocycles. The molecule has 4 unspecified atom stereocenters. The van der Waals surface area contributed by atoms with Crippen molar-refractivity contribution < 1.29 is 0 Å². The van der Waals surface area contributed by atoms with E-state index in [-0.39, 0.29) is 0 Å². The fraction of sp³-hybridized carbons (Fsp3) is 0.647. The number of nitrogens with one attached hydrogen (secondary N) is 1. The highest BCUT2D eigenvalue weighted by Crippen LogP contribution is 2.51. The average Bonchev–Trinajstić information content (AvgIpc) is 3.03. The van der Waals surface area contributed by atoms with Crippen LogP contribution in [0.4, 0.5) is 0 Å². The minimum atomic E-state index is 0.343. The van der Waals surface area contributed by atoms with Gasteiger partial charge in [0.05, 0.1) is 0 Å². The number of benzene rings is 1. The van der Waals surface area contributed by atoms with Crippen molar-refractivity contribution in [1.29, 1.82) is 0 Å². The number of rotatable bonds is 5. The maximum absolute atomic E-state index is 6.39. The van der Waals surface area contributed by atoms with Crippen LogP contribution in [0.2, 0.25) is 10.0 Å². The molecule has 3 rings (SSSR count). The Kier molecular flexibility index (Phi) is 4.59. The van der Waals surface area contributed by atoms with Gasteiger partial charge in [-0.2, -0.15) is 0 Å². The first kappa shape index (κ1) is 14.7. The fourth-order valence-corrected chi connectivity index (χ4v) is 4.75. The lowest BCUT2D eigenvalue weighted by Crippen LogP contribution is -2.25. The van der Waals surface area contributed by atoms with Crippen molar-refractivity contribution >= 4 is 23.2 Å². The minimum absolute atomic E-state index is 0.343. The van der Waals surface area contributed by atoms with Crippen molar-refractivity contribution in [3.8, 4) is 0 Å². The largest absolute Gasteiger partial charge is 0.310 e. The predicted octanol–water partition coefficient (Wildman–Crippen LogP) is 5.47. The van der Waals surface area contributed by atoms with Crippen molar-refractivity contribution in [3.05, 3.63) is 33.8 Å². The zero-order chi connectivity index (χ0) is 14.1. The van der Waals surface area contributed by atoms with Crippen LogP contribution in [0.15, 0.2) is 18.2 Å². The summed E-state index contributed by atoms with van der Waals surface area (Å²) in [5, 5.41) is 5.22. The molecular formula is C17H23Cl2N. The van der Waals surface area contributed by atoms with Gasteiger partial charge in [-0.15, -0.1) is 0 Å². The minimum Gasteiger partial charge on any atom is -0.310 e. The van der Waals surface area contributed by atoms with Crippen LogP contribution in [0.1, 0.15) is 50.6 Å². The third-order valence-electron chi connectivity index (χ3n) is 5.21. The summed E-state index contributed by atoms with van der Waals surface area (Å²) in [5.74, 6) is 2.83. The zero-order valence-electron chi connectivity index (χ0n) is 12.0. The standard InChI is InChI=1S/C17H23Cl2N/c1-2-20-17(15-10-14(18)5-6-16(15)19)9-13-8-11-3-4-12(13)7-11/h5-6,10-13,17,20H,2-4,7-9H2,1H3. The average molecular weight is 312 g/mol. The van der Waals surface area contributed by atoms with E-state index >= 15 is 0 Å². The molecule has 1 aromatic rings. The van der Waals surface area contributed by atoms with Crippen molar-refractivity contribution in [2.45, 2.75) is 45.1 Å². The van der Waals surface area contributed by atoms with Crippen LogP contribution in [-0.2, 0) is 0 Å². The van der Waals surface area contributed by atoms with Gasteiger partial charge in [0.15, 0.2) is 0 Å². The highest BCUT2D eigenvalue weighted by Gasteiger charge is 2.40. The van der Waals surface area contributed by atoms with Crippen molar-refractivity contribution in [1.82, 2.24) is 5.32 Å². The Morgan fingerprint density at radius 2 is 2.10 bits per heavy atom. The maximum atomic E-state index is 6.39. The van der Waals surface area contributed by atoms with Gasteiger partial charge in [-0.05, 0) is 73.7 Å². The van der Waals surface area contributed by atoms with Crippen LogP contribution in [0.25, 0.3) is 0 Å². The van der Waals surface area contributed by atoms with Gasteiger partial charge < -0.3 is 5.32 Å². The van der Waals surface area contributed by atoms with E-state index in [9.17, 15) is 0 Å². The van der Waals surface area contributed by atoms with Crippen molar-refractivity contribution in [2.75, 3.05) is 6.54 Å². The Hall–Kier alpha value is -0.240. The zero-order valence-corrected chi connectivity index (χ0v) is 13.6. The van der Waals surface area contributed by atoms with Crippen molar-refractivity contribution in [2.24, 2.45) is 17.8 Å². The molecule has 0 spiro atoms. The molecular weight excluding hydrogens is 289 g/mol. The first-order valence-electron chi connectivity index (χ1n) is 7.85. The molecule has 1 N–H and O–H groups in total. The van der Waals surface area contributed by atoms with Gasteiger partial charge in [0, 0.05) is 16.1 Å². The van der Waals surface area contributed by atoms with E-state index in [0.29, 0.717) is 6.04 Å². The van der Waals surface area contributed by atoms with E-state index in [1.54, 1.807) is 0 Å². The second-order valence-corrected chi connectivity index (χ2v) is 7.29. The normalized spacial score (nSPS) is 29.9. The second-order valence-electron chi connectivity index (χ2n) is 6.45. The molecule has 0 heterocycles. The van der Waals surface area contributed by atoms with Crippen molar-refractivity contribution in [3.63, 3.8) is 0 Å². The Bertz CT molecular complexity index is 474. The molecule has 0 saturated heterocycles. The summed E-state index contributed by atoms with van der Waals surface area (Å²) in [4.78, 5) is 0. The van der Waals surface area contributed by atoms with Crippen LogP contribution in [-0.4, -0.2) is 6.54 Å². The molecule has 0 aromatic heterocycles. The van der Waals surface area contributed by atoms with Crippen LogP contribution < -0.4 is 5.32 Å². The molecule has 3 heteroatoms. The highest BCUT2D eigenvalue weighted by molar-refractivity contribution is 6.33. The molecule has 20 heavy (non-hydrogen) atoms. The third-order valence-corrected chi connectivity index (χ3v) is 5.79.